The van der Waals surface area contributed by atoms with E-state index in [0.29, 0.717) is 12.6 Å². The van der Waals surface area contributed by atoms with Gasteiger partial charge in [-0.1, -0.05) is 19.1 Å². The molecule has 5 nitrogen and oxygen atoms in total. The van der Waals surface area contributed by atoms with E-state index in [4.69, 9.17) is 9.47 Å². The molecule has 0 bridgehead atoms. The molecule has 1 aromatic carbocycles. The van der Waals surface area contributed by atoms with Crippen molar-refractivity contribution >= 4 is 5.91 Å². The molecule has 2 rings (SSSR count). The zero-order chi connectivity index (χ0) is 17.4. The fourth-order valence-electron chi connectivity index (χ4n) is 3.12. The number of hydrogen-bond acceptors (Lipinski definition) is 4. The van der Waals surface area contributed by atoms with Crippen LogP contribution in [0.15, 0.2) is 24.3 Å². The molecule has 0 aliphatic carbocycles. The van der Waals surface area contributed by atoms with Crippen LogP contribution >= 0.6 is 0 Å². The van der Waals surface area contributed by atoms with Crippen LogP contribution in [-0.2, 0) is 16.1 Å². The number of nitrogens with zero attached hydrogens (tertiary/aromatic N) is 1. The molecule has 1 heterocycles. The van der Waals surface area contributed by atoms with Gasteiger partial charge in [-0.3, -0.25) is 4.79 Å². The molecule has 1 unspecified atom stereocenters. The highest BCUT2D eigenvalue weighted by molar-refractivity contribution is 5.80. The van der Waals surface area contributed by atoms with Gasteiger partial charge in [-0.25, -0.2) is 0 Å². The van der Waals surface area contributed by atoms with E-state index >= 15 is 0 Å². The Morgan fingerprint density at radius 1 is 1.38 bits per heavy atom. The fraction of sp³-hybridized carbons (Fsp3) is 0.632. The first kappa shape index (κ1) is 18.7. The number of hydrogen-bond donors (Lipinski definition) is 1. The molecule has 5 heteroatoms. The summed E-state index contributed by atoms with van der Waals surface area (Å²) in [6, 6.07) is 8.09. The van der Waals surface area contributed by atoms with Crippen LogP contribution in [0, 0.1) is 0 Å². The molecule has 1 saturated heterocycles. The van der Waals surface area contributed by atoms with E-state index < -0.39 is 6.10 Å². The van der Waals surface area contributed by atoms with E-state index in [0.717, 1.165) is 50.2 Å². The Morgan fingerprint density at radius 3 is 2.79 bits per heavy atom. The third kappa shape index (κ3) is 5.21. The summed E-state index contributed by atoms with van der Waals surface area (Å²) in [4.78, 5) is 14.9. The first-order valence-corrected chi connectivity index (χ1v) is 8.91. The topological polar surface area (TPSA) is 50.8 Å². The zero-order valence-electron chi connectivity index (χ0n) is 15.1. The second-order valence-corrected chi connectivity index (χ2v) is 6.32. The van der Waals surface area contributed by atoms with Crippen molar-refractivity contribution in [2.75, 3.05) is 26.7 Å². The van der Waals surface area contributed by atoms with Crippen LogP contribution in [0.4, 0.5) is 0 Å². The van der Waals surface area contributed by atoms with Crippen LogP contribution in [0.3, 0.4) is 0 Å². The molecule has 1 aliphatic rings. The third-order valence-electron chi connectivity index (χ3n) is 4.48. The lowest BCUT2D eigenvalue weighted by Gasteiger charge is -2.36. The van der Waals surface area contributed by atoms with Gasteiger partial charge in [0.05, 0.1) is 13.7 Å². The SMILES string of the molecule is CCCN(C(=O)C(C)OCc1cccc(OC)c1)C1CCNCC1. The minimum Gasteiger partial charge on any atom is -0.497 e. The van der Waals surface area contributed by atoms with Crippen molar-refractivity contribution in [1.29, 1.82) is 0 Å². The minimum absolute atomic E-state index is 0.103. The standard InChI is InChI=1S/C19H30N2O3/c1-4-12-21(17-8-10-20-11-9-17)19(22)15(2)24-14-16-6-5-7-18(13-16)23-3/h5-7,13,15,17,20H,4,8-12,14H2,1-3H3. The number of carbonyl (C=O) groups excluding carboxylic acids is 1. The van der Waals surface area contributed by atoms with Crippen molar-refractivity contribution in [3.05, 3.63) is 29.8 Å². The molecule has 1 atom stereocenters. The molecule has 0 saturated carbocycles. The van der Waals surface area contributed by atoms with Gasteiger partial charge in [-0.2, -0.15) is 0 Å². The minimum atomic E-state index is -0.433. The van der Waals surface area contributed by atoms with E-state index in [2.05, 4.69) is 12.2 Å². The largest absolute Gasteiger partial charge is 0.497 e. The second kappa shape index (κ2) is 9.64. The lowest BCUT2D eigenvalue weighted by Crippen LogP contribution is -2.49. The van der Waals surface area contributed by atoms with Crippen molar-refractivity contribution in [2.45, 2.75) is 51.9 Å². The van der Waals surface area contributed by atoms with Gasteiger partial charge >= 0.3 is 0 Å². The number of benzene rings is 1. The molecule has 24 heavy (non-hydrogen) atoms. The average molecular weight is 334 g/mol. The van der Waals surface area contributed by atoms with E-state index in [-0.39, 0.29) is 5.91 Å². The smallest absolute Gasteiger partial charge is 0.251 e. The zero-order valence-corrected chi connectivity index (χ0v) is 15.1. The molecule has 0 radical (unpaired) electrons. The van der Waals surface area contributed by atoms with E-state index in [9.17, 15) is 4.79 Å². The van der Waals surface area contributed by atoms with Gasteiger partial charge in [-0.05, 0) is 57.0 Å². The molecule has 1 amide bonds. The normalized spacial score (nSPS) is 16.6. The lowest BCUT2D eigenvalue weighted by molar-refractivity contribution is -0.146. The van der Waals surface area contributed by atoms with Crippen molar-refractivity contribution in [1.82, 2.24) is 10.2 Å². The Bertz CT molecular complexity index is 515. The molecule has 0 spiro atoms. The average Bonchev–Trinajstić information content (AvgIpc) is 2.64. The summed E-state index contributed by atoms with van der Waals surface area (Å²) in [5.74, 6) is 0.907. The number of carbonyl (C=O) groups is 1. The van der Waals surface area contributed by atoms with E-state index in [1.54, 1.807) is 7.11 Å². The Morgan fingerprint density at radius 2 is 2.12 bits per heavy atom. The number of ether oxygens (including phenoxy) is 2. The van der Waals surface area contributed by atoms with E-state index in [1.165, 1.54) is 0 Å². The first-order chi connectivity index (χ1) is 11.7. The number of piperidine rings is 1. The lowest BCUT2D eigenvalue weighted by atomic mass is 10.0. The first-order valence-electron chi connectivity index (χ1n) is 8.91. The molecule has 0 aromatic heterocycles. The molecule has 1 aromatic rings. The maximum atomic E-state index is 12.8. The number of amides is 1. The fourth-order valence-corrected chi connectivity index (χ4v) is 3.12. The monoisotopic (exact) mass is 334 g/mol. The summed E-state index contributed by atoms with van der Waals surface area (Å²) in [5.41, 5.74) is 1.01. The van der Waals surface area contributed by atoms with Gasteiger partial charge in [0.25, 0.3) is 5.91 Å². The van der Waals surface area contributed by atoms with Gasteiger partial charge in [0.1, 0.15) is 11.9 Å². The number of rotatable bonds is 8. The molecule has 1 N–H and O–H groups in total. The van der Waals surface area contributed by atoms with Crippen molar-refractivity contribution < 1.29 is 14.3 Å². The predicted octanol–water partition coefficient (Wildman–Crippen LogP) is 2.59. The highest BCUT2D eigenvalue weighted by Gasteiger charge is 2.28. The van der Waals surface area contributed by atoms with Gasteiger partial charge in [0.15, 0.2) is 0 Å². The van der Waals surface area contributed by atoms with Crippen molar-refractivity contribution in [3.63, 3.8) is 0 Å². The maximum absolute atomic E-state index is 12.8. The molecular formula is C19H30N2O3. The quantitative estimate of drug-likeness (QED) is 0.794. The Hall–Kier alpha value is -1.59. The van der Waals surface area contributed by atoms with Crippen LogP contribution in [0.2, 0.25) is 0 Å². The Balaban J connectivity index is 1.92. The summed E-state index contributed by atoms with van der Waals surface area (Å²) in [6.07, 6.45) is 2.58. The van der Waals surface area contributed by atoms with Crippen LogP contribution in [0.5, 0.6) is 5.75 Å². The summed E-state index contributed by atoms with van der Waals surface area (Å²) >= 11 is 0. The molecular weight excluding hydrogens is 304 g/mol. The van der Waals surface area contributed by atoms with Crippen LogP contribution in [0.25, 0.3) is 0 Å². The van der Waals surface area contributed by atoms with Crippen molar-refractivity contribution in [3.8, 4) is 5.75 Å². The Kier molecular flexibility index (Phi) is 7.53. The summed E-state index contributed by atoms with van der Waals surface area (Å²) < 4.78 is 11.1. The Labute approximate surface area is 145 Å². The maximum Gasteiger partial charge on any atom is 0.251 e. The molecule has 134 valence electrons. The number of nitrogens with one attached hydrogen (secondary N) is 1. The highest BCUT2D eigenvalue weighted by Crippen LogP contribution is 2.17. The third-order valence-corrected chi connectivity index (χ3v) is 4.48. The molecule has 1 aliphatic heterocycles. The van der Waals surface area contributed by atoms with Crippen molar-refractivity contribution in [2.24, 2.45) is 0 Å². The van der Waals surface area contributed by atoms with Gasteiger partial charge < -0.3 is 19.7 Å². The van der Waals surface area contributed by atoms with E-state index in [1.807, 2.05) is 36.1 Å². The second-order valence-electron chi connectivity index (χ2n) is 6.32. The van der Waals surface area contributed by atoms with Crippen LogP contribution in [0.1, 0.15) is 38.7 Å². The summed E-state index contributed by atoms with van der Waals surface area (Å²) in [6.45, 7) is 7.15. The van der Waals surface area contributed by atoms with Gasteiger partial charge in [0, 0.05) is 12.6 Å². The molecule has 1 fully saturated rings. The van der Waals surface area contributed by atoms with Crippen LogP contribution < -0.4 is 10.1 Å². The van der Waals surface area contributed by atoms with Crippen LogP contribution in [-0.4, -0.2) is 49.7 Å². The van der Waals surface area contributed by atoms with Gasteiger partial charge in [-0.15, -0.1) is 0 Å². The number of methoxy groups -OCH3 is 1. The van der Waals surface area contributed by atoms with Gasteiger partial charge in [0.2, 0.25) is 0 Å². The summed E-state index contributed by atoms with van der Waals surface area (Å²) in [7, 11) is 1.65. The summed E-state index contributed by atoms with van der Waals surface area (Å²) in [5, 5.41) is 3.36. The highest BCUT2D eigenvalue weighted by atomic mass is 16.5. The predicted molar refractivity (Wildman–Crippen MR) is 95.1 cm³/mol.